The van der Waals surface area contributed by atoms with E-state index in [1.807, 2.05) is 42.5 Å². The highest BCUT2D eigenvalue weighted by Crippen LogP contribution is 2.32. The molecule has 0 unspecified atom stereocenters. The molecule has 1 nitrogen and oxygen atoms in total. The summed E-state index contributed by atoms with van der Waals surface area (Å²) in [5, 5.41) is 0.701. The molecule has 0 atom stereocenters. The molecule has 0 saturated heterocycles. The zero-order valence-corrected chi connectivity index (χ0v) is 13.9. The lowest BCUT2D eigenvalue weighted by Gasteiger charge is -2.21. The monoisotopic (exact) mass is 324 g/mol. The van der Waals surface area contributed by atoms with Crippen molar-refractivity contribution in [2.45, 2.75) is 38.0 Å². The first kappa shape index (κ1) is 16.0. The van der Waals surface area contributed by atoms with Crippen LogP contribution in [0.3, 0.4) is 0 Å². The summed E-state index contributed by atoms with van der Waals surface area (Å²) in [5.41, 5.74) is 3.10. The molecule has 1 aliphatic rings. The third-order valence-electron chi connectivity index (χ3n) is 4.57. The van der Waals surface area contributed by atoms with E-state index in [4.69, 9.17) is 11.6 Å². The fourth-order valence-electron chi connectivity index (χ4n) is 3.20. The second-order valence-electron chi connectivity index (χ2n) is 6.21. The van der Waals surface area contributed by atoms with Crippen LogP contribution in [0.1, 0.15) is 59.5 Å². The smallest absolute Gasteiger partial charge is 0.185 e. The number of carbonyl (C=O) groups excluding carboxylic acids is 1. The van der Waals surface area contributed by atoms with Gasteiger partial charge >= 0.3 is 0 Å². The van der Waals surface area contributed by atoms with Crippen LogP contribution >= 0.6 is 11.6 Å². The van der Waals surface area contributed by atoms with E-state index < -0.39 is 0 Å². The Bertz CT molecular complexity index is 677. The topological polar surface area (TPSA) is 17.1 Å². The van der Waals surface area contributed by atoms with Crippen molar-refractivity contribution in [2.75, 3.05) is 0 Å². The fourth-order valence-corrected chi connectivity index (χ4v) is 3.32. The lowest BCUT2D eigenvalue weighted by Crippen LogP contribution is -2.04. The van der Waals surface area contributed by atoms with Crippen molar-refractivity contribution >= 4 is 23.5 Å². The van der Waals surface area contributed by atoms with Gasteiger partial charge in [-0.25, -0.2) is 0 Å². The van der Waals surface area contributed by atoms with E-state index in [2.05, 4.69) is 12.1 Å². The van der Waals surface area contributed by atoms with E-state index in [-0.39, 0.29) is 5.78 Å². The number of rotatable bonds is 4. The Hall–Kier alpha value is -1.86. The molecule has 3 rings (SSSR count). The summed E-state index contributed by atoms with van der Waals surface area (Å²) in [6, 6.07) is 15.6. The van der Waals surface area contributed by atoms with Gasteiger partial charge in [0.15, 0.2) is 5.78 Å². The van der Waals surface area contributed by atoms with Crippen LogP contribution < -0.4 is 0 Å². The van der Waals surface area contributed by atoms with Gasteiger partial charge in [0, 0.05) is 10.6 Å². The predicted molar refractivity (Wildman–Crippen MR) is 97.1 cm³/mol. The summed E-state index contributed by atoms with van der Waals surface area (Å²) in [6.45, 7) is 0. The minimum Gasteiger partial charge on any atom is -0.289 e. The van der Waals surface area contributed by atoms with Gasteiger partial charge in [0.05, 0.1) is 0 Å². The summed E-state index contributed by atoms with van der Waals surface area (Å²) in [4.78, 5) is 12.3. The van der Waals surface area contributed by atoms with Crippen molar-refractivity contribution in [3.8, 4) is 0 Å². The van der Waals surface area contributed by atoms with Crippen LogP contribution in [-0.2, 0) is 0 Å². The molecule has 0 radical (unpaired) electrons. The maximum atomic E-state index is 12.3. The van der Waals surface area contributed by atoms with Gasteiger partial charge in [0.25, 0.3) is 0 Å². The molecule has 0 bridgehead atoms. The van der Waals surface area contributed by atoms with Crippen molar-refractivity contribution in [3.63, 3.8) is 0 Å². The van der Waals surface area contributed by atoms with Crippen molar-refractivity contribution < 1.29 is 4.79 Å². The molecule has 0 heterocycles. The van der Waals surface area contributed by atoms with Gasteiger partial charge in [-0.2, -0.15) is 0 Å². The summed E-state index contributed by atoms with van der Waals surface area (Å²) in [5.74, 6) is 0.715. The van der Waals surface area contributed by atoms with Crippen molar-refractivity contribution in [1.82, 2.24) is 0 Å². The van der Waals surface area contributed by atoms with Gasteiger partial charge in [-0.15, -0.1) is 0 Å². The molecule has 23 heavy (non-hydrogen) atoms. The zero-order valence-electron chi connectivity index (χ0n) is 13.2. The molecule has 2 aromatic rings. The normalized spacial score (nSPS) is 15.9. The third kappa shape index (κ3) is 4.33. The molecule has 118 valence electrons. The highest BCUT2D eigenvalue weighted by atomic mass is 35.5. The SMILES string of the molecule is O=C(C=Cc1ccc(Cl)cc1)c1ccc(C2CCCCC2)cc1. The number of benzene rings is 2. The lowest BCUT2D eigenvalue weighted by molar-refractivity contribution is 0.104. The van der Waals surface area contributed by atoms with E-state index in [9.17, 15) is 4.79 Å². The Morgan fingerprint density at radius 1 is 0.913 bits per heavy atom. The Kier molecular flexibility index (Phi) is 5.30. The quantitative estimate of drug-likeness (QED) is 0.477. The van der Waals surface area contributed by atoms with Crippen molar-refractivity contribution in [1.29, 1.82) is 0 Å². The Morgan fingerprint density at radius 3 is 2.22 bits per heavy atom. The first-order valence-corrected chi connectivity index (χ1v) is 8.68. The maximum Gasteiger partial charge on any atom is 0.185 e. The van der Waals surface area contributed by atoms with E-state index in [1.165, 1.54) is 37.7 Å². The van der Waals surface area contributed by atoms with E-state index in [0.29, 0.717) is 10.9 Å². The second kappa shape index (κ2) is 7.61. The van der Waals surface area contributed by atoms with Crippen LogP contribution in [0.4, 0.5) is 0 Å². The first-order chi connectivity index (χ1) is 11.2. The van der Waals surface area contributed by atoms with Gasteiger partial charge in [-0.05, 0) is 48.1 Å². The average molecular weight is 325 g/mol. The standard InChI is InChI=1S/C21H21ClO/c22-20-13-6-16(7-14-20)8-15-21(23)19-11-9-18(10-12-19)17-4-2-1-3-5-17/h6-15,17H,1-5H2. The van der Waals surface area contributed by atoms with Crippen LogP contribution in [0.2, 0.25) is 5.02 Å². The number of allylic oxidation sites excluding steroid dienone is 1. The Balaban J connectivity index is 1.66. The second-order valence-corrected chi connectivity index (χ2v) is 6.64. The predicted octanol–water partition coefficient (Wildman–Crippen LogP) is 6.28. The summed E-state index contributed by atoms with van der Waals surface area (Å²) < 4.78 is 0. The minimum atomic E-state index is 0.0372. The molecule has 0 spiro atoms. The van der Waals surface area contributed by atoms with Crippen molar-refractivity contribution in [2.24, 2.45) is 0 Å². The molecule has 1 saturated carbocycles. The van der Waals surface area contributed by atoms with E-state index in [0.717, 1.165) is 11.1 Å². The van der Waals surface area contributed by atoms with Gasteiger partial charge in [-0.3, -0.25) is 4.79 Å². The maximum absolute atomic E-state index is 12.3. The molecular formula is C21H21ClO. The van der Waals surface area contributed by atoms with Crippen molar-refractivity contribution in [3.05, 3.63) is 76.3 Å². The van der Waals surface area contributed by atoms with Gasteiger partial charge in [0.1, 0.15) is 0 Å². The molecule has 0 N–H and O–H groups in total. The lowest BCUT2D eigenvalue weighted by atomic mass is 9.84. The highest BCUT2D eigenvalue weighted by molar-refractivity contribution is 6.30. The number of hydrogen-bond donors (Lipinski definition) is 0. The van der Waals surface area contributed by atoms with Crippen LogP contribution in [0.25, 0.3) is 6.08 Å². The van der Waals surface area contributed by atoms with Crippen LogP contribution in [0.15, 0.2) is 54.6 Å². The molecule has 0 aliphatic heterocycles. The summed E-state index contributed by atoms with van der Waals surface area (Å²) in [7, 11) is 0. The first-order valence-electron chi connectivity index (χ1n) is 8.30. The minimum absolute atomic E-state index is 0.0372. The van der Waals surface area contributed by atoms with Gasteiger partial charge < -0.3 is 0 Å². The molecule has 0 aromatic heterocycles. The molecular weight excluding hydrogens is 304 g/mol. The molecule has 1 aliphatic carbocycles. The number of halogens is 1. The molecule has 1 fully saturated rings. The largest absolute Gasteiger partial charge is 0.289 e. The van der Waals surface area contributed by atoms with E-state index >= 15 is 0 Å². The number of carbonyl (C=O) groups is 1. The van der Waals surface area contributed by atoms with Crippen LogP contribution in [-0.4, -0.2) is 5.78 Å². The summed E-state index contributed by atoms with van der Waals surface area (Å²) >= 11 is 5.86. The zero-order chi connectivity index (χ0) is 16.1. The average Bonchev–Trinajstić information content (AvgIpc) is 2.62. The molecule has 0 amide bonds. The van der Waals surface area contributed by atoms with Gasteiger partial charge in [0.2, 0.25) is 0 Å². The molecule has 2 aromatic carbocycles. The number of hydrogen-bond acceptors (Lipinski definition) is 1. The number of ketones is 1. The van der Waals surface area contributed by atoms with Crippen LogP contribution in [0.5, 0.6) is 0 Å². The molecule has 2 heteroatoms. The Morgan fingerprint density at radius 2 is 1.57 bits per heavy atom. The van der Waals surface area contributed by atoms with E-state index in [1.54, 1.807) is 6.08 Å². The third-order valence-corrected chi connectivity index (χ3v) is 4.82. The summed E-state index contributed by atoms with van der Waals surface area (Å²) in [6.07, 6.45) is 10.0. The highest BCUT2D eigenvalue weighted by Gasteiger charge is 2.15. The Labute approximate surface area is 143 Å². The fraction of sp³-hybridized carbons (Fsp3) is 0.286. The van der Waals surface area contributed by atoms with Crippen LogP contribution in [0, 0.1) is 0 Å². The van der Waals surface area contributed by atoms with Gasteiger partial charge in [-0.1, -0.05) is 73.3 Å².